The highest BCUT2D eigenvalue weighted by Gasteiger charge is 2.25. The van der Waals surface area contributed by atoms with Gasteiger partial charge in [-0.2, -0.15) is 0 Å². The van der Waals surface area contributed by atoms with Crippen molar-refractivity contribution in [1.82, 2.24) is 9.80 Å². The molecule has 2 N–H and O–H groups in total. The fourth-order valence-corrected chi connectivity index (χ4v) is 2.97. The van der Waals surface area contributed by atoms with Crippen molar-refractivity contribution in [2.75, 3.05) is 32.7 Å². The number of carbonyl (C=O) groups excluding carboxylic acids is 1. The molecule has 6 heteroatoms. The fourth-order valence-electron chi connectivity index (χ4n) is 2.97. The van der Waals surface area contributed by atoms with Crippen LogP contribution in [0.15, 0.2) is 30.3 Å². The molecule has 0 bridgehead atoms. The number of nitrogens with zero attached hydrogens (tertiary/aromatic N) is 2. The maximum absolute atomic E-state index is 12.3. The fraction of sp³-hybridized carbons (Fsp3) is 0.611. The summed E-state index contributed by atoms with van der Waals surface area (Å²) in [6.45, 7) is 8.78. The van der Waals surface area contributed by atoms with E-state index in [4.69, 9.17) is 5.73 Å². The third-order valence-electron chi connectivity index (χ3n) is 4.29. The molecule has 0 aliphatic carbocycles. The van der Waals surface area contributed by atoms with Gasteiger partial charge in [-0.25, -0.2) is 0 Å². The van der Waals surface area contributed by atoms with Crippen molar-refractivity contribution >= 4 is 30.7 Å². The lowest BCUT2D eigenvalue weighted by molar-refractivity contribution is -0.134. The van der Waals surface area contributed by atoms with Crippen LogP contribution in [0.3, 0.4) is 0 Å². The van der Waals surface area contributed by atoms with Crippen LogP contribution in [-0.4, -0.2) is 54.5 Å². The Morgan fingerprint density at radius 2 is 1.67 bits per heavy atom. The minimum Gasteiger partial charge on any atom is -0.339 e. The minimum absolute atomic E-state index is 0. The molecule has 1 aliphatic heterocycles. The zero-order valence-electron chi connectivity index (χ0n) is 14.7. The first-order valence-corrected chi connectivity index (χ1v) is 8.37. The molecule has 1 heterocycles. The zero-order valence-corrected chi connectivity index (χ0v) is 16.3. The number of hydrogen-bond donors (Lipinski definition) is 1. The molecule has 2 rings (SSSR count). The van der Waals surface area contributed by atoms with Gasteiger partial charge in [-0.3, -0.25) is 9.69 Å². The number of nitrogens with two attached hydrogens (primary N) is 1. The lowest BCUT2D eigenvalue weighted by atomic mass is 10.0. The number of rotatable bonds is 6. The summed E-state index contributed by atoms with van der Waals surface area (Å²) in [5.41, 5.74) is 7.39. The van der Waals surface area contributed by atoms with Crippen LogP contribution >= 0.6 is 24.8 Å². The van der Waals surface area contributed by atoms with Gasteiger partial charge >= 0.3 is 0 Å². The molecule has 0 radical (unpaired) electrons. The summed E-state index contributed by atoms with van der Waals surface area (Å²) < 4.78 is 0. The Bertz CT molecular complexity index is 463. The van der Waals surface area contributed by atoms with Gasteiger partial charge in [0.1, 0.15) is 0 Å². The van der Waals surface area contributed by atoms with Crippen LogP contribution in [0.2, 0.25) is 0 Å². The Kier molecular flexibility index (Phi) is 11.3. The maximum atomic E-state index is 12.3. The molecule has 1 amide bonds. The van der Waals surface area contributed by atoms with Crippen LogP contribution in [0, 0.1) is 5.92 Å². The number of piperazine rings is 1. The van der Waals surface area contributed by atoms with E-state index >= 15 is 0 Å². The van der Waals surface area contributed by atoms with Gasteiger partial charge < -0.3 is 10.6 Å². The van der Waals surface area contributed by atoms with E-state index in [1.165, 1.54) is 5.56 Å². The second-order valence-corrected chi connectivity index (χ2v) is 6.64. The van der Waals surface area contributed by atoms with Crippen molar-refractivity contribution in [2.24, 2.45) is 11.7 Å². The molecule has 1 aromatic rings. The Morgan fingerprint density at radius 3 is 2.21 bits per heavy atom. The quantitative estimate of drug-likeness (QED) is 0.830. The normalized spacial score (nSPS) is 16.2. The van der Waals surface area contributed by atoms with E-state index in [0.29, 0.717) is 5.92 Å². The maximum Gasteiger partial charge on any atom is 0.239 e. The molecule has 0 spiro atoms. The first kappa shape index (κ1) is 23.2. The molecule has 4 nitrogen and oxygen atoms in total. The SMILES string of the molecule is CC(C)C[C@H](N)C(=O)N1CCN(CCc2ccccc2)CC1.Cl.Cl. The number of amides is 1. The number of halogens is 2. The van der Waals surface area contributed by atoms with E-state index in [1.807, 2.05) is 11.0 Å². The first-order valence-electron chi connectivity index (χ1n) is 8.37. The minimum atomic E-state index is -0.337. The first-order chi connectivity index (χ1) is 10.6. The van der Waals surface area contributed by atoms with Gasteiger partial charge in [-0.05, 0) is 24.3 Å². The van der Waals surface area contributed by atoms with Gasteiger partial charge in [-0.15, -0.1) is 24.8 Å². The summed E-state index contributed by atoms with van der Waals surface area (Å²) in [7, 11) is 0. The highest BCUT2D eigenvalue weighted by molar-refractivity contribution is 5.85. The zero-order chi connectivity index (χ0) is 15.9. The lowest BCUT2D eigenvalue weighted by Crippen LogP contribution is -2.53. The Balaban J connectivity index is 0.00000264. The lowest BCUT2D eigenvalue weighted by Gasteiger charge is -2.36. The number of hydrogen-bond acceptors (Lipinski definition) is 3. The van der Waals surface area contributed by atoms with E-state index in [2.05, 4.69) is 43.0 Å². The van der Waals surface area contributed by atoms with Crippen molar-refractivity contribution in [3.8, 4) is 0 Å². The molecule has 1 atom stereocenters. The van der Waals surface area contributed by atoms with E-state index in [-0.39, 0.29) is 36.8 Å². The molecule has 0 aromatic heterocycles. The summed E-state index contributed by atoms with van der Waals surface area (Å²) in [5.74, 6) is 0.586. The summed E-state index contributed by atoms with van der Waals surface area (Å²) in [5, 5.41) is 0. The molecule has 0 unspecified atom stereocenters. The summed E-state index contributed by atoms with van der Waals surface area (Å²) in [4.78, 5) is 16.7. The van der Waals surface area contributed by atoms with Gasteiger partial charge in [-0.1, -0.05) is 44.2 Å². The van der Waals surface area contributed by atoms with Gasteiger partial charge in [0.25, 0.3) is 0 Å². The van der Waals surface area contributed by atoms with Gasteiger partial charge in [0, 0.05) is 32.7 Å². The molecule has 1 fully saturated rings. The van der Waals surface area contributed by atoms with E-state index < -0.39 is 0 Å². The van der Waals surface area contributed by atoms with E-state index in [0.717, 1.165) is 45.6 Å². The van der Waals surface area contributed by atoms with Gasteiger partial charge in [0.05, 0.1) is 6.04 Å². The Hall–Kier alpha value is -0.810. The highest BCUT2D eigenvalue weighted by Crippen LogP contribution is 2.09. The molecular formula is C18H31Cl2N3O. The summed E-state index contributed by atoms with van der Waals surface area (Å²) in [6, 6.07) is 10.2. The largest absolute Gasteiger partial charge is 0.339 e. The average molecular weight is 376 g/mol. The molecule has 24 heavy (non-hydrogen) atoms. The molecule has 138 valence electrons. The van der Waals surface area contributed by atoms with Gasteiger partial charge in [0.2, 0.25) is 5.91 Å². The molecule has 0 saturated carbocycles. The Morgan fingerprint density at radius 1 is 1.08 bits per heavy atom. The van der Waals surface area contributed by atoms with Crippen LogP contribution in [-0.2, 0) is 11.2 Å². The topological polar surface area (TPSA) is 49.6 Å². The predicted octanol–water partition coefficient (Wildman–Crippen LogP) is 2.59. The van der Waals surface area contributed by atoms with Gasteiger partial charge in [0.15, 0.2) is 0 Å². The second-order valence-electron chi connectivity index (χ2n) is 6.64. The van der Waals surface area contributed by atoms with Crippen LogP contribution in [0.5, 0.6) is 0 Å². The second kappa shape index (κ2) is 11.7. The van der Waals surface area contributed by atoms with Crippen molar-refractivity contribution in [3.05, 3.63) is 35.9 Å². The Labute approximate surface area is 158 Å². The molecule has 1 aliphatic rings. The predicted molar refractivity (Wildman–Crippen MR) is 105 cm³/mol. The highest BCUT2D eigenvalue weighted by atomic mass is 35.5. The third kappa shape index (κ3) is 7.39. The smallest absolute Gasteiger partial charge is 0.239 e. The molecule has 1 aromatic carbocycles. The van der Waals surface area contributed by atoms with Crippen LogP contribution < -0.4 is 5.73 Å². The summed E-state index contributed by atoms with van der Waals surface area (Å²) >= 11 is 0. The van der Waals surface area contributed by atoms with Crippen LogP contribution in [0.1, 0.15) is 25.8 Å². The van der Waals surface area contributed by atoms with Crippen molar-refractivity contribution < 1.29 is 4.79 Å². The molecule has 1 saturated heterocycles. The molecular weight excluding hydrogens is 345 g/mol. The standard InChI is InChI=1S/C18H29N3O.2ClH/c1-15(2)14-17(19)18(22)21-12-10-20(11-13-21)9-8-16-6-4-3-5-7-16;;/h3-7,15,17H,8-14,19H2,1-2H3;2*1H/t17-;;/m0../s1. The summed E-state index contributed by atoms with van der Waals surface area (Å²) in [6.07, 6.45) is 1.84. The van der Waals surface area contributed by atoms with Crippen molar-refractivity contribution in [1.29, 1.82) is 0 Å². The number of benzene rings is 1. The average Bonchev–Trinajstić information content (AvgIpc) is 2.53. The van der Waals surface area contributed by atoms with E-state index in [1.54, 1.807) is 0 Å². The van der Waals surface area contributed by atoms with Crippen molar-refractivity contribution in [2.45, 2.75) is 32.7 Å². The monoisotopic (exact) mass is 375 g/mol. The van der Waals surface area contributed by atoms with Crippen molar-refractivity contribution in [3.63, 3.8) is 0 Å². The number of carbonyl (C=O) groups is 1. The van der Waals surface area contributed by atoms with Crippen LogP contribution in [0.4, 0.5) is 0 Å². The van der Waals surface area contributed by atoms with Crippen LogP contribution in [0.25, 0.3) is 0 Å². The third-order valence-corrected chi connectivity index (χ3v) is 4.29. The van der Waals surface area contributed by atoms with E-state index in [9.17, 15) is 4.79 Å².